The lowest BCUT2D eigenvalue weighted by Gasteiger charge is -2.22. The summed E-state index contributed by atoms with van der Waals surface area (Å²) >= 11 is 0. The first kappa shape index (κ1) is 8.61. The molecule has 2 rings (SSSR count). The van der Waals surface area contributed by atoms with Crippen LogP contribution in [0.25, 0.3) is 0 Å². The van der Waals surface area contributed by atoms with Crippen LogP contribution in [0.15, 0.2) is 24.3 Å². The summed E-state index contributed by atoms with van der Waals surface area (Å²) < 4.78 is 5.93. The molecule has 1 aliphatic heterocycles. The van der Waals surface area contributed by atoms with Gasteiger partial charge in [-0.1, -0.05) is 31.5 Å². The van der Waals surface area contributed by atoms with E-state index in [1.54, 1.807) is 0 Å². The van der Waals surface area contributed by atoms with Gasteiger partial charge in [0.05, 0.1) is 0 Å². The molecule has 0 amide bonds. The van der Waals surface area contributed by atoms with Gasteiger partial charge in [0.2, 0.25) is 0 Å². The Kier molecular flexibility index (Phi) is 2.03. The number of hydrogen-bond donors (Lipinski definition) is 0. The monoisotopic (exact) mass is 176 g/mol. The molecule has 0 spiro atoms. The van der Waals surface area contributed by atoms with E-state index in [0.29, 0.717) is 0 Å². The zero-order valence-electron chi connectivity index (χ0n) is 8.34. The lowest BCUT2D eigenvalue weighted by molar-refractivity contribution is 0.105. The van der Waals surface area contributed by atoms with Crippen LogP contribution in [-0.4, -0.2) is 5.60 Å². The van der Waals surface area contributed by atoms with Crippen molar-refractivity contribution in [3.63, 3.8) is 0 Å². The summed E-state index contributed by atoms with van der Waals surface area (Å²) in [6.45, 7) is 4.41. The summed E-state index contributed by atoms with van der Waals surface area (Å²) in [6, 6.07) is 8.35. The van der Waals surface area contributed by atoms with Crippen LogP contribution < -0.4 is 4.74 Å². The van der Waals surface area contributed by atoms with Gasteiger partial charge in [-0.2, -0.15) is 0 Å². The van der Waals surface area contributed by atoms with E-state index in [0.717, 1.165) is 18.6 Å². The Labute approximate surface area is 79.7 Å². The summed E-state index contributed by atoms with van der Waals surface area (Å²) in [5.74, 6) is 1.08. The minimum Gasteiger partial charge on any atom is -0.487 e. The third kappa shape index (κ3) is 1.55. The van der Waals surface area contributed by atoms with Crippen molar-refractivity contribution in [2.24, 2.45) is 0 Å². The fraction of sp³-hybridized carbons (Fsp3) is 0.500. The van der Waals surface area contributed by atoms with Crippen LogP contribution >= 0.6 is 0 Å². The normalized spacial score (nSPS) is 25.4. The van der Waals surface area contributed by atoms with Gasteiger partial charge in [0.15, 0.2) is 0 Å². The first-order valence-electron chi connectivity index (χ1n) is 5.00. The second kappa shape index (κ2) is 3.06. The van der Waals surface area contributed by atoms with E-state index in [4.69, 9.17) is 4.74 Å². The molecule has 0 unspecified atom stereocenters. The molecule has 0 N–H and O–H groups in total. The largest absolute Gasteiger partial charge is 0.487 e. The highest BCUT2D eigenvalue weighted by atomic mass is 16.5. The van der Waals surface area contributed by atoms with E-state index >= 15 is 0 Å². The van der Waals surface area contributed by atoms with Crippen molar-refractivity contribution in [3.8, 4) is 5.75 Å². The molecule has 1 heterocycles. The number of fused-ring (bicyclic) bond motifs is 1. The molecule has 1 atom stereocenters. The molecule has 1 aromatic rings. The van der Waals surface area contributed by atoms with Gasteiger partial charge in [0.25, 0.3) is 0 Å². The van der Waals surface area contributed by atoms with Gasteiger partial charge >= 0.3 is 0 Å². The topological polar surface area (TPSA) is 9.23 Å². The smallest absolute Gasteiger partial charge is 0.123 e. The predicted molar refractivity (Wildman–Crippen MR) is 54.1 cm³/mol. The van der Waals surface area contributed by atoms with Gasteiger partial charge in [-0.25, -0.2) is 0 Å². The molecule has 0 bridgehead atoms. The molecular formula is C12H16O. The SMILES string of the molecule is CCC[C@@]1(C)Cc2ccccc2O1. The number of benzene rings is 1. The maximum Gasteiger partial charge on any atom is 0.123 e. The highest BCUT2D eigenvalue weighted by Gasteiger charge is 2.33. The van der Waals surface area contributed by atoms with Crippen LogP contribution in [-0.2, 0) is 6.42 Å². The molecule has 1 heteroatoms. The van der Waals surface area contributed by atoms with E-state index in [1.807, 2.05) is 6.07 Å². The van der Waals surface area contributed by atoms with Crippen LogP contribution in [0.3, 0.4) is 0 Å². The van der Waals surface area contributed by atoms with Crippen molar-refractivity contribution >= 4 is 0 Å². The van der Waals surface area contributed by atoms with Crippen molar-refractivity contribution in [2.45, 2.75) is 38.7 Å². The summed E-state index contributed by atoms with van der Waals surface area (Å²) in [5.41, 5.74) is 1.41. The van der Waals surface area contributed by atoms with Gasteiger partial charge in [-0.3, -0.25) is 0 Å². The van der Waals surface area contributed by atoms with Crippen molar-refractivity contribution in [1.29, 1.82) is 0 Å². The van der Waals surface area contributed by atoms with Crippen molar-refractivity contribution in [1.82, 2.24) is 0 Å². The fourth-order valence-corrected chi connectivity index (χ4v) is 2.12. The van der Waals surface area contributed by atoms with Crippen LogP contribution in [0.1, 0.15) is 32.3 Å². The minimum absolute atomic E-state index is 0.0540. The molecule has 1 nitrogen and oxygen atoms in total. The van der Waals surface area contributed by atoms with Crippen LogP contribution in [0.4, 0.5) is 0 Å². The maximum atomic E-state index is 5.93. The zero-order chi connectivity index (χ0) is 9.31. The summed E-state index contributed by atoms with van der Waals surface area (Å²) in [6.07, 6.45) is 3.39. The van der Waals surface area contributed by atoms with Gasteiger partial charge in [-0.05, 0) is 25.0 Å². The van der Waals surface area contributed by atoms with Crippen LogP contribution in [0.5, 0.6) is 5.75 Å². The highest BCUT2D eigenvalue weighted by molar-refractivity contribution is 5.38. The van der Waals surface area contributed by atoms with Gasteiger partial charge in [-0.15, -0.1) is 0 Å². The molecule has 0 radical (unpaired) electrons. The highest BCUT2D eigenvalue weighted by Crippen LogP contribution is 2.36. The summed E-state index contributed by atoms with van der Waals surface area (Å²) in [4.78, 5) is 0. The molecular weight excluding hydrogens is 160 g/mol. The van der Waals surface area contributed by atoms with E-state index in [9.17, 15) is 0 Å². The second-order valence-corrected chi connectivity index (χ2v) is 4.09. The first-order valence-corrected chi connectivity index (χ1v) is 5.00. The van der Waals surface area contributed by atoms with Crippen molar-refractivity contribution in [3.05, 3.63) is 29.8 Å². The Morgan fingerprint density at radius 3 is 2.85 bits per heavy atom. The molecule has 1 aromatic carbocycles. The molecule has 70 valence electrons. The standard InChI is InChI=1S/C12H16O/c1-3-8-12(2)9-10-6-4-5-7-11(10)13-12/h4-7H,3,8-9H2,1-2H3/t12-/m0/s1. The maximum absolute atomic E-state index is 5.93. The third-order valence-corrected chi connectivity index (χ3v) is 2.67. The average Bonchev–Trinajstić information content (AvgIpc) is 2.40. The Bertz CT molecular complexity index is 279. The number of para-hydroxylation sites is 1. The molecule has 0 fully saturated rings. The predicted octanol–water partition coefficient (Wildman–Crippen LogP) is 3.18. The Hall–Kier alpha value is -0.980. The van der Waals surface area contributed by atoms with Gasteiger partial charge in [0, 0.05) is 6.42 Å². The van der Waals surface area contributed by atoms with E-state index in [-0.39, 0.29) is 5.60 Å². The lowest BCUT2D eigenvalue weighted by atomic mass is 9.95. The average molecular weight is 176 g/mol. The fourth-order valence-electron chi connectivity index (χ4n) is 2.12. The number of ether oxygens (including phenoxy) is 1. The Morgan fingerprint density at radius 2 is 2.15 bits per heavy atom. The van der Waals surface area contributed by atoms with Crippen LogP contribution in [0.2, 0.25) is 0 Å². The van der Waals surface area contributed by atoms with Crippen molar-refractivity contribution < 1.29 is 4.74 Å². The van der Waals surface area contributed by atoms with Gasteiger partial charge < -0.3 is 4.74 Å². The lowest BCUT2D eigenvalue weighted by Crippen LogP contribution is -2.29. The van der Waals surface area contributed by atoms with E-state index in [1.165, 1.54) is 12.0 Å². The quantitative estimate of drug-likeness (QED) is 0.672. The summed E-state index contributed by atoms with van der Waals surface area (Å²) in [5, 5.41) is 0. The third-order valence-electron chi connectivity index (χ3n) is 2.67. The van der Waals surface area contributed by atoms with Gasteiger partial charge in [0.1, 0.15) is 11.4 Å². The Morgan fingerprint density at radius 1 is 1.38 bits per heavy atom. The second-order valence-electron chi connectivity index (χ2n) is 4.09. The molecule has 0 aromatic heterocycles. The minimum atomic E-state index is 0.0540. The van der Waals surface area contributed by atoms with Crippen LogP contribution in [0, 0.1) is 0 Å². The Balaban J connectivity index is 2.21. The number of rotatable bonds is 2. The molecule has 13 heavy (non-hydrogen) atoms. The molecule has 1 aliphatic rings. The molecule has 0 saturated heterocycles. The summed E-state index contributed by atoms with van der Waals surface area (Å²) in [7, 11) is 0. The first-order chi connectivity index (χ1) is 6.23. The molecule has 0 aliphatic carbocycles. The number of hydrogen-bond acceptors (Lipinski definition) is 1. The molecule has 0 saturated carbocycles. The van der Waals surface area contributed by atoms with E-state index < -0.39 is 0 Å². The van der Waals surface area contributed by atoms with Crippen molar-refractivity contribution in [2.75, 3.05) is 0 Å². The zero-order valence-corrected chi connectivity index (χ0v) is 8.34. The van der Waals surface area contributed by atoms with E-state index in [2.05, 4.69) is 32.0 Å².